The lowest BCUT2D eigenvalue weighted by Crippen LogP contribution is -2.07. The van der Waals surface area contributed by atoms with Crippen molar-refractivity contribution < 1.29 is 9.53 Å². The third-order valence-electron chi connectivity index (χ3n) is 4.74. The number of anilines is 1. The normalized spacial score (nSPS) is 10.8. The summed E-state index contributed by atoms with van der Waals surface area (Å²) in [6.07, 6.45) is 2.33. The molecule has 2 heterocycles. The van der Waals surface area contributed by atoms with Crippen LogP contribution in [0.25, 0.3) is 16.9 Å². The lowest BCUT2D eigenvalue weighted by Gasteiger charge is -2.12. The second-order valence-electron chi connectivity index (χ2n) is 6.90. The zero-order valence-corrected chi connectivity index (χ0v) is 16.6. The predicted molar refractivity (Wildman–Crippen MR) is 115 cm³/mol. The second kappa shape index (κ2) is 8.19. The number of hydrogen-bond donors (Lipinski definition) is 1. The van der Waals surface area contributed by atoms with Crippen LogP contribution < -0.4 is 10.1 Å². The average molecular weight is 385 g/mol. The highest BCUT2D eigenvalue weighted by Gasteiger charge is 2.18. The molecule has 0 amide bonds. The standard InChI is InChI=1S/C24H23N3O2/c1-3-22(28)29-20-12-8-7-11-19(20)23-24(25-16-18-9-5-4-6-10-18)27-14-13-17(2)15-21(27)26-23/h4-15,25H,3,16H2,1-2H3. The Kier molecular flexibility index (Phi) is 5.29. The molecule has 5 nitrogen and oxygen atoms in total. The molecule has 1 N–H and O–H groups in total. The number of benzene rings is 2. The molecule has 4 aromatic rings. The number of fused-ring (bicyclic) bond motifs is 1. The molecule has 4 rings (SSSR count). The Morgan fingerprint density at radius 2 is 1.83 bits per heavy atom. The molecule has 0 radical (unpaired) electrons. The molecule has 0 atom stereocenters. The molecule has 2 aromatic heterocycles. The highest BCUT2D eigenvalue weighted by molar-refractivity contribution is 5.83. The van der Waals surface area contributed by atoms with Crippen LogP contribution in [-0.4, -0.2) is 15.4 Å². The van der Waals surface area contributed by atoms with Crippen molar-refractivity contribution >= 4 is 17.4 Å². The molecule has 0 aliphatic heterocycles. The summed E-state index contributed by atoms with van der Waals surface area (Å²) in [5.74, 6) is 1.11. The van der Waals surface area contributed by atoms with E-state index in [0.29, 0.717) is 18.7 Å². The third-order valence-corrected chi connectivity index (χ3v) is 4.74. The Bertz CT molecular complexity index is 1150. The molecule has 0 saturated heterocycles. The fourth-order valence-corrected chi connectivity index (χ4v) is 3.23. The SMILES string of the molecule is CCC(=O)Oc1ccccc1-c1nc2cc(C)ccn2c1NCc1ccccc1. The van der Waals surface area contributed by atoms with Crippen molar-refractivity contribution in [2.75, 3.05) is 5.32 Å². The zero-order chi connectivity index (χ0) is 20.2. The first-order valence-electron chi connectivity index (χ1n) is 9.72. The Morgan fingerprint density at radius 3 is 2.62 bits per heavy atom. The molecule has 0 saturated carbocycles. The van der Waals surface area contributed by atoms with Gasteiger partial charge in [-0.05, 0) is 42.3 Å². The number of para-hydroxylation sites is 1. The van der Waals surface area contributed by atoms with Gasteiger partial charge in [0.2, 0.25) is 0 Å². The van der Waals surface area contributed by atoms with Crippen molar-refractivity contribution in [3.05, 3.63) is 84.1 Å². The van der Waals surface area contributed by atoms with Gasteiger partial charge in [0, 0.05) is 24.7 Å². The van der Waals surface area contributed by atoms with Crippen LogP contribution >= 0.6 is 0 Å². The topological polar surface area (TPSA) is 55.6 Å². The smallest absolute Gasteiger partial charge is 0.310 e. The average Bonchev–Trinajstić information content (AvgIpc) is 3.10. The summed E-state index contributed by atoms with van der Waals surface area (Å²) >= 11 is 0. The van der Waals surface area contributed by atoms with Crippen LogP contribution in [0.5, 0.6) is 5.75 Å². The van der Waals surface area contributed by atoms with E-state index in [-0.39, 0.29) is 5.97 Å². The van der Waals surface area contributed by atoms with Crippen molar-refractivity contribution in [1.82, 2.24) is 9.38 Å². The van der Waals surface area contributed by atoms with Gasteiger partial charge in [-0.25, -0.2) is 4.98 Å². The van der Waals surface area contributed by atoms with Crippen LogP contribution in [0.15, 0.2) is 72.9 Å². The quantitative estimate of drug-likeness (QED) is 0.364. The monoisotopic (exact) mass is 385 g/mol. The van der Waals surface area contributed by atoms with Gasteiger partial charge in [-0.15, -0.1) is 0 Å². The molecule has 0 aliphatic carbocycles. The van der Waals surface area contributed by atoms with Crippen molar-refractivity contribution in [1.29, 1.82) is 0 Å². The molecule has 0 bridgehead atoms. The summed E-state index contributed by atoms with van der Waals surface area (Å²) in [5, 5.41) is 3.53. The molecule has 0 aliphatic rings. The number of carbonyl (C=O) groups is 1. The second-order valence-corrected chi connectivity index (χ2v) is 6.90. The van der Waals surface area contributed by atoms with Crippen LogP contribution in [-0.2, 0) is 11.3 Å². The molecular formula is C24H23N3O2. The minimum absolute atomic E-state index is 0.268. The number of imidazole rings is 1. The van der Waals surface area contributed by atoms with Crippen LogP contribution in [0, 0.1) is 6.92 Å². The van der Waals surface area contributed by atoms with E-state index < -0.39 is 0 Å². The van der Waals surface area contributed by atoms with Gasteiger partial charge >= 0.3 is 5.97 Å². The third kappa shape index (κ3) is 3.99. The van der Waals surface area contributed by atoms with Crippen molar-refractivity contribution in [2.45, 2.75) is 26.8 Å². The Hall–Kier alpha value is -3.60. The minimum Gasteiger partial charge on any atom is -0.426 e. The zero-order valence-electron chi connectivity index (χ0n) is 16.6. The maximum absolute atomic E-state index is 11.9. The summed E-state index contributed by atoms with van der Waals surface area (Å²) in [5.41, 5.74) is 4.69. The molecule has 29 heavy (non-hydrogen) atoms. The van der Waals surface area contributed by atoms with Gasteiger partial charge in [0.05, 0.1) is 0 Å². The van der Waals surface area contributed by atoms with E-state index in [1.165, 1.54) is 5.56 Å². The molecule has 0 unspecified atom stereocenters. The lowest BCUT2D eigenvalue weighted by molar-refractivity contribution is -0.133. The van der Waals surface area contributed by atoms with E-state index in [2.05, 4.69) is 23.5 Å². The van der Waals surface area contributed by atoms with E-state index in [1.54, 1.807) is 13.0 Å². The Balaban J connectivity index is 1.81. The van der Waals surface area contributed by atoms with Crippen LogP contribution in [0.2, 0.25) is 0 Å². The number of esters is 1. The van der Waals surface area contributed by atoms with E-state index in [9.17, 15) is 4.79 Å². The summed E-state index contributed by atoms with van der Waals surface area (Å²) < 4.78 is 7.60. The number of hydrogen-bond acceptors (Lipinski definition) is 4. The van der Waals surface area contributed by atoms with Crippen LogP contribution in [0.3, 0.4) is 0 Å². The van der Waals surface area contributed by atoms with Gasteiger partial charge < -0.3 is 10.1 Å². The Morgan fingerprint density at radius 1 is 1.07 bits per heavy atom. The molecule has 0 spiro atoms. The minimum atomic E-state index is -0.268. The fraction of sp³-hybridized carbons (Fsp3) is 0.167. The van der Waals surface area contributed by atoms with E-state index in [1.807, 2.05) is 60.0 Å². The van der Waals surface area contributed by atoms with Crippen LogP contribution in [0.1, 0.15) is 24.5 Å². The van der Waals surface area contributed by atoms with Crippen LogP contribution in [0.4, 0.5) is 5.82 Å². The van der Waals surface area contributed by atoms with E-state index in [0.717, 1.165) is 28.3 Å². The first-order valence-corrected chi connectivity index (χ1v) is 9.72. The van der Waals surface area contributed by atoms with Gasteiger partial charge in [-0.3, -0.25) is 9.20 Å². The number of nitrogens with one attached hydrogen (secondary N) is 1. The van der Waals surface area contributed by atoms with Gasteiger partial charge in [-0.2, -0.15) is 0 Å². The molecule has 2 aromatic carbocycles. The molecular weight excluding hydrogens is 362 g/mol. The number of ether oxygens (including phenoxy) is 1. The number of carbonyl (C=O) groups excluding carboxylic acids is 1. The predicted octanol–water partition coefficient (Wildman–Crippen LogP) is 5.24. The number of rotatable bonds is 6. The number of aryl methyl sites for hydroxylation is 1. The van der Waals surface area contributed by atoms with E-state index >= 15 is 0 Å². The van der Waals surface area contributed by atoms with Gasteiger partial charge in [-0.1, -0.05) is 49.4 Å². The highest BCUT2D eigenvalue weighted by Crippen LogP contribution is 2.35. The summed E-state index contributed by atoms with van der Waals surface area (Å²) in [4.78, 5) is 16.8. The van der Waals surface area contributed by atoms with Crippen molar-refractivity contribution in [3.63, 3.8) is 0 Å². The fourth-order valence-electron chi connectivity index (χ4n) is 3.23. The highest BCUT2D eigenvalue weighted by atomic mass is 16.5. The first kappa shape index (κ1) is 18.7. The number of aromatic nitrogens is 2. The Labute approximate surface area is 170 Å². The van der Waals surface area contributed by atoms with Gasteiger partial charge in [0.15, 0.2) is 0 Å². The maximum atomic E-state index is 11.9. The summed E-state index contributed by atoms with van der Waals surface area (Å²) in [7, 11) is 0. The maximum Gasteiger partial charge on any atom is 0.310 e. The largest absolute Gasteiger partial charge is 0.426 e. The molecule has 0 fully saturated rings. The van der Waals surface area contributed by atoms with E-state index in [4.69, 9.17) is 9.72 Å². The summed E-state index contributed by atoms with van der Waals surface area (Å²) in [6.45, 7) is 4.49. The lowest BCUT2D eigenvalue weighted by atomic mass is 10.1. The number of nitrogens with zero attached hydrogens (tertiary/aromatic N) is 2. The van der Waals surface area contributed by atoms with Crippen molar-refractivity contribution in [2.24, 2.45) is 0 Å². The molecule has 146 valence electrons. The van der Waals surface area contributed by atoms with Gasteiger partial charge in [0.25, 0.3) is 0 Å². The van der Waals surface area contributed by atoms with Crippen molar-refractivity contribution in [3.8, 4) is 17.0 Å². The van der Waals surface area contributed by atoms with Gasteiger partial charge in [0.1, 0.15) is 22.9 Å². The molecule has 5 heteroatoms. The first-order chi connectivity index (χ1) is 14.2. The number of pyridine rings is 1. The summed E-state index contributed by atoms with van der Waals surface area (Å²) in [6, 6.07) is 21.8.